The molecule has 1 aromatic carbocycles. The van der Waals surface area contributed by atoms with E-state index in [1.165, 1.54) is 12.0 Å². The number of rotatable bonds is 6. The molecule has 2 aliphatic heterocycles. The van der Waals surface area contributed by atoms with Crippen LogP contribution in [0.5, 0.6) is 0 Å². The largest absolute Gasteiger partial charge is 0.356 e. The molecule has 3 fully saturated rings. The molecule has 1 saturated carbocycles. The molecule has 2 unspecified atom stereocenters. The molecule has 0 bridgehead atoms. The lowest BCUT2D eigenvalue weighted by Crippen LogP contribution is -2.59. The molecule has 2 saturated heterocycles. The van der Waals surface area contributed by atoms with Gasteiger partial charge in [-0.3, -0.25) is 19.3 Å². The van der Waals surface area contributed by atoms with Crippen LogP contribution in [0, 0.1) is 5.92 Å². The van der Waals surface area contributed by atoms with Crippen LogP contribution in [0.3, 0.4) is 0 Å². The van der Waals surface area contributed by atoms with Crippen LogP contribution in [0.15, 0.2) is 24.3 Å². The van der Waals surface area contributed by atoms with Crippen LogP contribution in [0.2, 0.25) is 0 Å². The fourth-order valence-corrected chi connectivity index (χ4v) is 5.54. The summed E-state index contributed by atoms with van der Waals surface area (Å²) < 4.78 is 0. The van der Waals surface area contributed by atoms with E-state index < -0.39 is 6.04 Å². The summed E-state index contributed by atoms with van der Waals surface area (Å²) in [5, 5.41) is 9.44. The monoisotopic (exact) mass is 468 g/mol. The highest BCUT2D eigenvalue weighted by molar-refractivity contribution is 6.04. The lowest BCUT2D eigenvalue weighted by atomic mass is 9.86. The molecule has 0 spiro atoms. The number of nitrogens with zero attached hydrogens (tertiary/aromatic N) is 1. The van der Waals surface area contributed by atoms with E-state index in [-0.39, 0.29) is 47.6 Å². The average molecular weight is 469 g/mol. The smallest absolute Gasteiger partial charge is 0.244 e. The molecular weight excluding hydrogens is 428 g/mol. The molecule has 0 aromatic heterocycles. The SMILES string of the molecule is CC(C)(C)c1ccc(N(C(=O)[C@H]2CCCN2)C(C(=O)NC2CCCCC2)C2CNC(=O)C2)cc1. The van der Waals surface area contributed by atoms with Gasteiger partial charge in [0, 0.05) is 30.6 Å². The minimum absolute atomic E-state index is 0.0140. The number of carbonyl (C=O) groups is 3. The van der Waals surface area contributed by atoms with Gasteiger partial charge in [-0.25, -0.2) is 0 Å². The first-order chi connectivity index (χ1) is 16.2. The molecule has 3 atom stereocenters. The van der Waals surface area contributed by atoms with E-state index in [1.807, 2.05) is 24.3 Å². The van der Waals surface area contributed by atoms with Gasteiger partial charge in [-0.2, -0.15) is 0 Å². The molecular formula is C27H40N4O3. The van der Waals surface area contributed by atoms with Crippen molar-refractivity contribution < 1.29 is 14.4 Å². The molecule has 3 amide bonds. The summed E-state index contributed by atoms with van der Waals surface area (Å²) in [4.78, 5) is 41.5. The third-order valence-corrected chi connectivity index (χ3v) is 7.56. The third-order valence-electron chi connectivity index (χ3n) is 7.56. The Bertz CT molecular complexity index is 880. The molecule has 0 radical (unpaired) electrons. The van der Waals surface area contributed by atoms with Gasteiger partial charge < -0.3 is 16.0 Å². The molecule has 7 nitrogen and oxygen atoms in total. The van der Waals surface area contributed by atoms with Gasteiger partial charge in [-0.1, -0.05) is 52.2 Å². The third kappa shape index (κ3) is 5.62. The van der Waals surface area contributed by atoms with E-state index in [9.17, 15) is 14.4 Å². The zero-order valence-electron chi connectivity index (χ0n) is 20.9. The number of hydrogen-bond acceptors (Lipinski definition) is 4. The molecule has 3 aliphatic rings. The summed E-state index contributed by atoms with van der Waals surface area (Å²) in [5.41, 5.74) is 1.87. The van der Waals surface area contributed by atoms with Crippen molar-refractivity contribution in [3.63, 3.8) is 0 Å². The second-order valence-corrected chi connectivity index (χ2v) is 11.2. The van der Waals surface area contributed by atoms with Crippen molar-refractivity contribution in [1.82, 2.24) is 16.0 Å². The van der Waals surface area contributed by atoms with E-state index in [0.717, 1.165) is 50.8 Å². The molecule has 7 heteroatoms. The Hall–Kier alpha value is -2.41. The van der Waals surface area contributed by atoms with Crippen LogP contribution < -0.4 is 20.9 Å². The van der Waals surface area contributed by atoms with Crippen molar-refractivity contribution in [3.8, 4) is 0 Å². The van der Waals surface area contributed by atoms with Gasteiger partial charge >= 0.3 is 0 Å². The fourth-order valence-electron chi connectivity index (χ4n) is 5.54. The van der Waals surface area contributed by atoms with E-state index in [1.54, 1.807) is 4.90 Å². The van der Waals surface area contributed by atoms with Gasteiger partial charge in [0.25, 0.3) is 0 Å². The topological polar surface area (TPSA) is 90.5 Å². The highest BCUT2D eigenvalue weighted by Crippen LogP contribution is 2.31. The standard InChI is InChI=1S/C27H40N4O3/c1-27(2,3)19-11-13-21(14-12-19)31(26(34)22-10-7-15-28-22)24(18-16-23(32)29-17-18)25(33)30-20-8-5-4-6-9-20/h11-14,18,20,22,24,28H,4-10,15-17H2,1-3H3,(H,29,32)(H,30,33)/t18?,22-,24?/m1/s1. The van der Waals surface area contributed by atoms with Crippen molar-refractivity contribution in [1.29, 1.82) is 0 Å². The Balaban J connectivity index is 1.69. The highest BCUT2D eigenvalue weighted by Gasteiger charge is 2.43. The first-order valence-electron chi connectivity index (χ1n) is 13.0. The number of benzene rings is 1. The quantitative estimate of drug-likeness (QED) is 0.599. The lowest BCUT2D eigenvalue weighted by Gasteiger charge is -2.37. The Morgan fingerprint density at radius 2 is 1.74 bits per heavy atom. The number of hydrogen-bond donors (Lipinski definition) is 3. The first-order valence-corrected chi connectivity index (χ1v) is 13.0. The minimum atomic E-state index is -0.726. The van der Waals surface area contributed by atoms with Crippen LogP contribution in [0.25, 0.3) is 0 Å². The maximum atomic E-state index is 13.9. The second-order valence-electron chi connectivity index (χ2n) is 11.2. The number of nitrogens with one attached hydrogen (secondary N) is 3. The summed E-state index contributed by atoms with van der Waals surface area (Å²) in [7, 11) is 0. The Morgan fingerprint density at radius 3 is 2.29 bits per heavy atom. The Labute approximate surface area is 203 Å². The predicted molar refractivity (Wildman–Crippen MR) is 134 cm³/mol. The maximum absolute atomic E-state index is 13.9. The summed E-state index contributed by atoms with van der Waals surface area (Å²) in [6, 6.07) is 7.11. The van der Waals surface area contributed by atoms with Crippen molar-refractivity contribution in [3.05, 3.63) is 29.8 Å². The van der Waals surface area contributed by atoms with Gasteiger partial charge in [0.1, 0.15) is 6.04 Å². The summed E-state index contributed by atoms with van der Waals surface area (Å²) in [5.74, 6) is -0.539. The average Bonchev–Trinajstić information content (AvgIpc) is 3.49. The van der Waals surface area contributed by atoms with Gasteiger partial charge in [0.15, 0.2) is 0 Å². The molecule has 1 aliphatic carbocycles. The van der Waals surface area contributed by atoms with Crippen molar-refractivity contribution in [2.45, 2.75) is 95.7 Å². The number of amides is 3. The van der Waals surface area contributed by atoms with Crippen LogP contribution in [0.4, 0.5) is 5.69 Å². The van der Waals surface area contributed by atoms with Crippen LogP contribution in [-0.2, 0) is 19.8 Å². The van der Waals surface area contributed by atoms with Crippen molar-refractivity contribution >= 4 is 23.4 Å². The van der Waals surface area contributed by atoms with Crippen LogP contribution in [-0.4, -0.2) is 48.9 Å². The van der Waals surface area contributed by atoms with Crippen LogP contribution in [0.1, 0.15) is 77.7 Å². The summed E-state index contributed by atoms with van der Waals surface area (Å²) in [6.45, 7) is 7.68. The van der Waals surface area contributed by atoms with Crippen molar-refractivity contribution in [2.24, 2.45) is 5.92 Å². The van der Waals surface area contributed by atoms with E-state index >= 15 is 0 Å². The first kappa shape index (κ1) is 24.7. The Morgan fingerprint density at radius 1 is 1.03 bits per heavy atom. The summed E-state index contributed by atoms with van der Waals surface area (Å²) >= 11 is 0. The molecule has 1 aromatic rings. The predicted octanol–water partition coefficient (Wildman–Crippen LogP) is 3.02. The zero-order chi connectivity index (χ0) is 24.3. The van der Waals surface area contributed by atoms with E-state index in [2.05, 4.69) is 36.7 Å². The van der Waals surface area contributed by atoms with Gasteiger partial charge in [-0.05, 0) is 55.3 Å². The van der Waals surface area contributed by atoms with E-state index in [4.69, 9.17) is 0 Å². The molecule has 4 rings (SSSR count). The second kappa shape index (κ2) is 10.5. The maximum Gasteiger partial charge on any atom is 0.244 e. The summed E-state index contributed by atoms with van der Waals surface area (Å²) in [6.07, 6.45) is 7.32. The van der Waals surface area contributed by atoms with Gasteiger partial charge in [0.05, 0.1) is 6.04 Å². The fraction of sp³-hybridized carbons (Fsp3) is 0.667. The molecule has 34 heavy (non-hydrogen) atoms. The molecule has 3 N–H and O–H groups in total. The molecule has 2 heterocycles. The highest BCUT2D eigenvalue weighted by atomic mass is 16.2. The van der Waals surface area contributed by atoms with Gasteiger partial charge in [0.2, 0.25) is 17.7 Å². The number of carbonyl (C=O) groups excluding carboxylic acids is 3. The van der Waals surface area contributed by atoms with E-state index in [0.29, 0.717) is 6.54 Å². The minimum Gasteiger partial charge on any atom is -0.356 e. The lowest BCUT2D eigenvalue weighted by molar-refractivity contribution is -0.129. The van der Waals surface area contributed by atoms with Gasteiger partial charge in [-0.15, -0.1) is 0 Å². The number of anilines is 1. The van der Waals surface area contributed by atoms with Crippen LogP contribution >= 0.6 is 0 Å². The normalized spacial score (nSPS) is 24.5. The molecule has 186 valence electrons. The zero-order valence-corrected chi connectivity index (χ0v) is 20.9. The Kier molecular flexibility index (Phi) is 7.60. The van der Waals surface area contributed by atoms with Crippen molar-refractivity contribution in [2.75, 3.05) is 18.0 Å².